The number of anilines is 3. The fourth-order valence-electron chi connectivity index (χ4n) is 3.14. The van der Waals surface area contributed by atoms with Crippen molar-refractivity contribution in [2.24, 2.45) is 15.3 Å². The molecule has 0 saturated carbocycles. The lowest BCUT2D eigenvalue weighted by Crippen LogP contribution is -2.30. The zero-order valence-electron chi connectivity index (χ0n) is 20.2. The van der Waals surface area contributed by atoms with Crippen molar-refractivity contribution in [2.75, 3.05) is 15.0 Å². The zero-order valence-corrected chi connectivity index (χ0v) is 22.5. The second-order valence-corrected chi connectivity index (χ2v) is 8.91. The molecule has 0 aliphatic heterocycles. The first kappa shape index (κ1) is 28.5. The summed E-state index contributed by atoms with van der Waals surface area (Å²) in [7, 11) is 0. The molecule has 0 saturated heterocycles. The Kier molecular flexibility index (Phi) is 10.1. The number of carbonyl (C=O) groups excluding carboxylic acids is 3. The maximum Gasteiger partial charge on any atom is 0.234 e. The van der Waals surface area contributed by atoms with Crippen LogP contribution in [-0.4, -0.2) is 36.4 Å². The maximum absolute atomic E-state index is 12.0. The average Bonchev–Trinajstić information content (AvgIpc) is 2.92. The van der Waals surface area contributed by atoms with E-state index in [-0.39, 0.29) is 17.1 Å². The Balaban J connectivity index is 2.11. The second kappa shape index (κ2) is 13.5. The molecule has 3 amide bonds. The molecule has 0 heterocycles. The maximum atomic E-state index is 12.0. The van der Waals surface area contributed by atoms with Crippen molar-refractivity contribution in [3.63, 3.8) is 0 Å². The molecule has 9 nitrogen and oxygen atoms in total. The van der Waals surface area contributed by atoms with Crippen LogP contribution in [0.15, 0.2) is 88.1 Å². The molecule has 0 aliphatic carbocycles. The fourth-order valence-corrected chi connectivity index (χ4v) is 3.52. The highest BCUT2D eigenvalue weighted by atomic mass is 35.5. The molecule has 0 radical (unpaired) electrons. The van der Waals surface area contributed by atoms with Crippen LogP contribution in [0.3, 0.4) is 0 Å². The van der Waals surface area contributed by atoms with Gasteiger partial charge in [0.2, 0.25) is 19.2 Å². The van der Waals surface area contributed by atoms with E-state index in [0.717, 1.165) is 15.0 Å². The highest BCUT2D eigenvalue weighted by Gasteiger charge is 2.17. The monoisotopic (exact) mass is 570 g/mol. The Bertz CT molecular complexity index is 1300. The van der Waals surface area contributed by atoms with E-state index < -0.39 is 0 Å². The summed E-state index contributed by atoms with van der Waals surface area (Å²) in [6.45, 7) is 3.17. The lowest BCUT2D eigenvalue weighted by Gasteiger charge is -2.18. The van der Waals surface area contributed by atoms with Gasteiger partial charge in [0.15, 0.2) is 0 Å². The molecule has 0 aromatic heterocycles. The van der Waals surface area contributed by atoms with Crippen LogP contribution in [0.4, 0.5) is 17.1 Å². The molecule has 194 valence electrons. The van der Waals surface area contributed by atoms with Crippen LogP contribution in [0.2, 0.25) is 15.1 Å². The van der Waals surface area contributed by atoms with Gasteiger partial charge in [-0.1, -0.05) is 34.8 Å². The van der Waals surface area contributed by atoms with Crippen molar-refractivity contribution in [3.05, 3.63) is 87.9 Å². The van der Waals surface area contributed by atoms with Gasteiger partial charge in [0.25, 0.3) is 0 Å². The lowest BCUT2D eigenvalue weighted by molar-refractivity contribution is -0.108. The molecule has 0 aliphatic rings. The van der Waals surface area contributed by atoms with Gasteiger partial charge in [-0.15, -0.1) is 0 Å². The summed E-state index contributed by atoms with van der Waals surface area (Å²) in [5, 5.41) is 17.9. The Labute approximate surface area is 234 Å². The van der Waals surface area contributed by atoms with Gasteiger partial charge in [0, 0.05) is 15.1 Å². The quantitative estimate of drug-likeness (QED) is 0.159. The second-order valence-electron chi connectivity index (χ2n) is 7.60. The SMILES string of the molecule is CC(=NN(C=O)c1ccc(Cl)cc1)C(=NN(C=O)c1ccc(Cl)cc1)C(C)=NN(C=O)c1ccc(Cl)cc1. The number of hydrogen-bond donors (Lipinski definition) is 0. The summed E-state index contributed by atoms with van der Waals surface area (Å²) in [4.78, 5) is 35.7. The van der Waals surface area contributed by atoms with Crippen molar-refractivity contribution >= 4 is 88.2 Å². The van der Waals surface area contributed by atoms with E-state index in [4.69, 9.17) is 34.8 Å². The highest BCUT2D eigenvalue weighted by Crippen LogP contribution is 2.20. The van der Waals surface area contributed by atoms with Crippen LogP contribution in [-0.2, 0) is 14.4 Å². The fraction of sp³-hybridized carbons (Fsp3) is 0.0769. The lowest BCUT2D eigenvalue weighted by atomic mass is 10.2. The predicted molar refractivity (Wildman–Crippen MR) is 154 cm³/mol. The molecule has 0 unspecified atom stereocenters. The number of carbonyl (C=O) groups is 3. The van der Waals surface area contributed by atoms with Gasteiger partial charge in [0.1, 0.15) is 5.71 Å². The van der Waals surface area contributed by atoms with E-state index in [1.54, 1.807) is 86.6 Å². The Morgan fingerprint density at radius 2 is 0.789 bits per heavy atom. The smallest absolute Gasteiger partial charge is 0.234 e. The Morgan fingerprint density at radius 1 is 0.526 bits per heavy atom. The van der Waals surface area contributed by atoms with Crippen LogP contribution < -0.4 is 15.0 Å². The van der Waals surface area contributed by atoms with E-state index in [0.29, 0.717) is 51.4 Å². The van der Waals surface area contributed by atoms with E-state index >= 15 is 0 Å². The Morgan fingerprint density at radius 3 is 1.05 bits per heavy atom. The zero-order chi connectivity index (χ0) is 27.7. The summed E-state index contributed by atoms with van der Waals surface area (Å²) in [5.74, 6) is 0. The third-order valence-corrected chi connectivity index (χ3v) is 5.74. The van der Waals surface area contributed by atoms with E-state index in [1.807, 2.05) is 0 Å². The molecule has 3 aromatic rings. The first-order valence-corrected chi connectivity index (χ1v) is 12.1. The van der Waals surface area contributed by atoms with Gasteiger partial charge < -0.3 is 0 Å². The average molecular weight is 572 g/mol. The summed E-state index contributed by atoms with van der Waals surface area (Å²) in [5.41, 5.74) is 1.86. The van der Waals surface area contributed by atoms with Gasteiger partial charge in [-0.2, -0.15) is 15.3 Å². The van der Waals surface area contributed by atoms with Gasteiger partial charge in [-0.05, 0) is 86.6 Å². The number of amides is 3. The number of rotatable bonds is 11. The number of nitrogens with zero attached hydrogens (tertiary/aromatic N) is 6. The van der Waals surface area contributed by atoms with Gasteiger partial charge in [0.05, 0.1) is 28.5 Å². The number of hydrogen-bond acceptors (Lipinski definition) is 6. The normalized spacial score (nSPS) is 11.4. The van der Waals surface area contributed by atoms with Crippen molar-refractivity contribution in [1.29, 1.82) is 0 Å². The van der Waals surface area contributed by atoms with Crippen molar-refractivity contribution < 1.29 is 14.4 Å². The molecular weight excluding hydrogens is 551 g/mol. The van der Waals surface area contributed by atoms with Crippen molar-refractivity contribution in [3.8, 4) is 0 Å². The molecule has 3 aromatic carbocycles. The molecule has 12 heteroatoms. The number of halogens is 3. The first-order chi connectivity index (χ1) is 18.2. The molecular formula is C26H21Cl3N6O3. The molecule has 38 heavy (non-hydrogen) atoms. The molecule has 0 bridgehead atoms. The predicted octanol–water partition coefficient (Wildman–Crippen LogP) is 6.04. The van der Waals surface area contributed by atoms with Crippen LogP contribution in [0.5, 0.6) is 0 Å². The third-order valence-electron chi connectivity index (χ3n) is 4.98. The summed E-state index contributed by atoms with van der Waals surface area (Å²) < 4.78 is 0. The van der Waals surface area contributed by atoms with Crippen molar-refractivity contribution in [1.82, 2.24) is 0 Å². The van der Waals surface area contributed by atoms with E-state index in [9.17, 15) is 14.4 Å². The van der Waals surface area contributed by atoms with Crippen LogP contribution in [0, 0.1) is 0 Å². The Hall–Kier alpha value is -4.05. The van der Waals surface area contributed by atoms with E-state index in [2.05, 4.69) is 15.3 Å². The minimum absolute atomic E-state index is 0.119. The molecule has 0 fully saturated rings. The van der Waals surface area contributed by atoms with Gasteiger partial charge in [-0.3, -0.25) is 14.4 Å². The molecule has 0 atom stereocenters. The summed E-state index contributed by atoms with van der Waals surface area (Å²) >= 11 is 17.9. The minimum atomic E-state index is 0.119. The molecule has 0 N–H and O–H groups in total. The topological polar surface area (TPSA) is 98.0 Å². The van der Waals surface area contributed by atoms with Gasteiger partial charge in [-0.25, -0.2) is 15.0 Å². The van der Waals surface area contributed by atoms with Crippen LogP contribution >= 0.6 is 34.8 Å². The standard InChI is InChI=1S/C26H21Cl3N6O3/c1-18(30-33(15-36)23-9-3-20(27)4-10-23)26(32-35(17-38)25-13-7-22(29)8-14-25)19(2)31-34(16-37)24-11-5-21(28)6-12-24/h3-17H,1-2H3. The summed E-state index contributed by atoms with van der Waals surface area (Å²) in [6, 6.07) is 19.3. The van der Waals surface area contributed by atoms with Gasteiger partial charge >= 0.3 is 0 Å². The summed E-state index contributed by atoms with van der Waals surface area (Å²) in [6.07, 6.45) is 1.52. The molecule has 0 spiro atoms. The van der Waals surface area contributed by atoms with E-state index in [1.165, 1.54) is 0 Å². The third kappa shape index (κ3) is 7.48. The first-order valence-electron chi connectivity index (χ1n) is 11.0. The largest absolute Gasteiger partial charge is 0.276 e. The van der Waals surface area contributed by atoms with Crippen LogP contribution in [0.25, 0.3) is 0 Å². The minimum Gasteiger partial charge on any atom is -0.276 e. The van der Waals surface area contributed by atoms with Crippen molar-refractivity contribution in [2.45, 2.75) is 13.8 Å². The number of hydrazone groups is 3. The van der Waals surface area contributed by atoms with Crippen LogP contribution in [0.1, 0.15) is 13.8 Å². The highest BCUT2D eigenvalue weighted by molar-refractivity contribution is 6.68. The molecule has 3 rings (SSSR count). The number of benzene rings is 3.